The fourth-order valence-corrected chi connectivity index (χ4v) is 3.98. The highest BCUT2D eigenvalue weighted by atomic mass is 35.5. The van der Waals surface area contributed by atoms with E-state index in [-0.39, 0.29) is 5.91 Å². The number of aromatic nitrogens is 1. The lowest BCUT2D eigenvalue weighted by Gasteiger charge is -2.21. The van der Waals surface area contributed by atoms with Crippen molar-refractivity contribution in [1.29, 1.82) is 0 Å². The smallest absolute Gasteiger partial charge is 0.261 e. The van der Waals surface area contributed by atoms with Crippen LogP contribution >= 0.6 is 22.9 Å². The number of benzene rings is 2. The van der Waals surface area contributed by atoms with E-state index in [9.17, 15) is 4.79 Å². The van der Waals surface area contributed by atoms with Gasteiger partial charge in [0.2, 0.25) is 0 Å². The predicted molar refractivity (Wildman–Crippen MR) is 112 cm³/mol. The Bertz CT molecular complexity index is 942. The molecule has 0 aliphatic heterocycles. The van der Waals surface area contributed by atoms with Crippen LogP contribution in [0, 0.1) is 0 Å². The second kappa shape index (κ2) is 8.69. The molecule has 0 saturated heterocycles. The van der Waals surface area contributed by atoms with Crippen LogP contribution in [0.4, 0.5) is 5.13 Å². The molecule has 2 aromatic carbocycles. The topological polar surface area (TPSA) is 45.7 Å². The van der Waals surface area contributed by atoms with Gasteiger partial charge < -0.3 is 9.64 Å². The van der Waals surface area contributed by atoms with Crippen LogP contribution in [0.1, 0.15) is 16.8 Å². The Morgan fingerprint density at radius 2 is 1.96 bits per heavy atom. The standard InChI is InChI=1S/C20H22ClN3O2S/c1-23(2)11-6-12-24(19(25)15-7-4-5-8-16(15)21)20-22-17-10-9-14(26-3)13-18(17)27-20/h4-5,7-10,13H,6,11-12H2,1-3H3. The van der Waals surface area contributed by atoms with Gasteiger partial charge in [-0.15, -0.1) is 0 Å². The third-order valence-corrected chi connectivity index (χ3v) is 5.52. The minimum Gasteiger partial charge on any atom is -0.497 e. The van der Waals surface area contributed by atoms with Crippen molar-refractivity contribution in [1.82, 2.24) is 9.88 Å². The lowest BCUT2D eigenvalue weighted by Crippen LogP contribution is -2.33. The number of fused-ring (bicyclic) bond motifs is 1. The number of amides is 1. The van der Waals surface area contributed by atoms with Crippen molar-refractivity contribution < 1.29 is 9.53 Å². The molecule has 27 heavy (non-hydrogen) atoms. The summed E-state index contributed by atoms with van der Waals surface area (Å²) in [4.78, 5) is 21.7. The highest BCUT2D eigenvalue weighted by Crippen LogP contribution is 2.33. The largest absolute Gasteiger partial charge is 0.497 e. The third-order valence-electron chi connectivity index (χ3n) is 4.15. The molecule has 0 aliphatic rings. The molecule has 5 nitrogen and oxygen atoms in total. The quantitative estimate of drug-likeness (QED) is 0.580. The number of methoxy groups -OCH3 is 1. The van der Waals surface area contributed by atoms with Crippen molar-refractivity contribution in [3.05, 3.63) is 53.1 Å². The molecule has 0 unspecified atom stereocenters. The van der Waals surface area contributed by atoms with Gasteiger partial charge in [0.1, 0.15) is 5.75 Å². The number of hydrogen-bond donors (Lipinski definition) is 0. The second-order valence-corrected chi connectivity index (χ2v) is 7.84. The van der Waals surface area contributed by atoms with Crippen molar-refractivity contribution in [2.24, 2.45) is 0 Å². The molecule has 0 radical (unpaired) electrons. The molecule has 0 spiro atoms. The summed E-state index contributed by atoms with van der Waals surface area (Å²) >= 11 is 7.74. The summed E-state index contributed by atoms with van der Waals surface area (Å²) in [6, 6.07) is 12.8. The number of halogens is 1. The van der Waals surface area contributed by atoms with Crippen molar-refractivity contribution in [3.8, 4) is 5.75 Å². The molecular formula is C20H22ClN3O2S. The van der Waals surface area contributed by atoms with E-state index in [2.05, 4.69) is 9.88 Å². The Balaban J connectivity index is 1.96. The highest BCUT2D eigenvalue weighted by Gasteiger charge is 2.23. The molecular weight excluding hydrogens is 382 g/mol. The molecule has 0 fully saturated rings. The Hall–Kier alpha value is -2.15. The molecule has 142 valence electrons. The molecule has 0 N–H and O–H groups in total. The summed E-state index contributed by atoms with van der Waals surface area (Å²) in [6.45, 7) is 1.45. The maximum atomic E-state index is 13.2. The minimum atomic E-state index is -0.134. The van der Waals surface area contributed by atoms with Crippen LogP contribution < -0.4 is 9.64 Å². The van der Waals surface area contributed by atoms with E-state index < -0.39 is 0 Å². The summed E-state index contributed by atoms with van der Waals surface area (Å²) in [5, 5.41) is 1.12. The lowest BCUT2D eigenvalue weighted by atomic mass is 10.2. The number of carbonyl (C=O) groups excluding carboxylic acids is 1. The molecule has 7 heteroatoms. The molecule has 1 aromatic heterocycles. The number of ether oxygens (including phenoxy) is 1. The lowest BCUT2D eigenvalue weighted by molar-refractivity contribution is 0.0986. The number of rotatable bonds is 7. The predicted octanol–water partition coefficient (Wildman–Crippen LogP) is 4.56. The average Bonchev–Trinajstić information content (AvgIpc) is 3.07. The maximum Gasteiger partial charge on any atom is 0.261 e. The van der Waals surface area contributed by atoms with Crippen LogP contribution in [0.15, 0.2) is 42.5 Å². The number of thiazole rings is 1. The molecule has 0 saturated carbocycles. The van der Waals surface area contributed by atoms with Crippen molar-refractivity contribution in [2.75, 3.05) is 39.2 Å². The van der Waals surface area contributed by atoms with E-state index in [0.717, 1.165) is 28.9 Å². The molecule has 1 amide bonds. The van der Waals surface area contributed by atoms with Crippen molar-refractivity contribution in [3.63, 3.8) is 0 Å². The minimum absolute atomic E-state index is 0.134. The van der Waals surface area contributed by atoms with Gasteiger partial charge in [0, 0.05) is 6.54 Å². The van der Waals surface area contributed by atoms with Gasteiger partial charge in [-0.25, -0.2) is 4.98 Å². The fourth-order valence-electron chi connectivity index (χ4n) is 2.74. The summed E-state index contributed by atoms with van der Waals surface area (Å²) in [5.41, 5.74) is 1.33. The van der Waals surface area contributed by atoms with E-state index in [4.69, 9.17) is 16.3 Å². The number of anilines is 1. The van der Waals surface area contributed by atoms with Gasteiger partial charge in [-0.3, -0.25) is 9.69 Å². The molecule has 3 rings (SSSR count). The summed E-state index contributed by atoms with van der Waals surface area (Å²) in [6.07, 6.45) is 0.836. The Morgan fingerprint density at radius 3 is 2.67 bits per heavy atom. The van der Waals surface area contributed by atoms with Gasteiger partial charge in [-0.2, -0.15) is 0 Å². The molecule has 0 atom stereocenters. The van der Waals surface area contributed by atoms with Gasteiger partial charge in [-0.05, 0) is 57.4 Å². The molecule has 0 aliphatic carbocycles. The first-order valence-corrected chi connectivity index (χ1v) is 9.84. The normalized spacial score (nSPS) is 11.1. The summed E-state index contributed by atoms with van der Waals surface area (Å²) in [5.74, 6) is 0.639. The molecule has 1 heterocycles. The van der Waals surface area contributed by atoms with Gasteiger partial charge in [0.05, 0.1) is 27.9 Å². The van der Waals surface area contributed by atoms with E-state index in [0.29, 0.717) is 22.3 Å². The molecule has 3 aromatic rings. The first-order valence-electron chi connectivity index (χ1n) is 8.65. The second-order valence-electron chi connectivity index (χ2n) is 6.42. The molecule has 0 bridgehead atoms. The van der Waals surface area contributed by atoms with Crippen LogP contribution in [0.25, 0.3) is 10.2 Å². The van der Waals surface area contributed by atoms with Gasteiger partial charge in [-0.1, -0.05) is 35.1 Å². The SMILES string of the molecule is COc1ccc2nc(N(CCCN(C)C)C(=O)c3ccccc3Cl)sc2c1. The van der Waals surface area contributed by atoms with Crippen LogP contribution in [0.5, 0.6) is 5.75 Å². The number of carbonyl (C=O) groups is 1. The zero-order chi connectivity index (χ0) is 19.4. The number of nitrogens with zero attached hydrogens (tertiary/aromatic N) is 3. The first-order chi connectivity index (χ1) is 13.0. The maximum absolute atomic E-state index is 13.2. The zero-order valence-corrected chi connectivity index (χ0v) is 17.2. The van der Waals surface area contributed by atoms with Crippen LogP contribution in [-0.2, 0) is 0 Å². The Labute approximate surface area is 168 Å². The van der Waals surface area contributed by atoms with Crippen molar-refractivity contribution >= 4 is 44.2 Å². The van der Waals surface area contributed by atoms with Gasteiger partial charge >= 0.3 is 0 Å². The van der Waals surface area contributed by atoms with Crippen molar-refractivity contribution in [2.45, 2.75) is 6.42 Å². The first kappa shape index (κ1) is 19.6. The average molecular weight is 404 g/mol. The Morgan fingerprint density at radius 1 is 1.19 bits per heavy atom. The van der Waals surface area contributed by atoms with Crippen LogP contribution in [0.3, 0.4) is 0 Å². The van der Waals surface area contributed by atoms with Gasteiger partial charge in [0.25, 0.3) is 5.91 Å². The fraction of sp³-hybridized carbons (Fsp3) is 0.300. The van der Waals surface area contributed by atoms with E-state index in [1.165, 1.54) is 11.3 Å². The summed E-state index contributed by atoms with van der Waals surface area (Å²) < 4.78 is 6.27. The number of hydrogen-bond acceptors (Lipinski definition) is 5. The van der Waals surface area contributed by atoms with E-state index in [1.54, 1.807) is 24.1 Å². The Kier molecular flexibility index (Phi) is 6.31. The van der Waals surface area contributed by atoms with E-state index >= 15 is 0 Å². The summed E-state index contributed by atoms with van der Waals surface area (Å²) in [7, 11) is 5.67. The van der Waals surface area contributed by atoms with Crippen LogP contribution in [-0.4, -0.2) is 50.1 Å². The zero-order valence-electron chi connectivity index (χ0n) is 15.6. The van der Waals surface area contributed by atoms with Crippen LogP contribution in [0.2, 0.25) is 5.02 Å². The third kappa shape index (κ3) is 4.58. The van der Waals surface area contributed by atoms with Gasteiger partial charge in [0.15, 0.2) is 5.13 Å². The highest BCUT2D eigenvalue weighted by molar-refractivity contribution is 7.22. The van der Waals surface area contributed by atoms with E-state index in [1.807, 2.05) is 44.4 Å². The monoisotopic (exact) mass is 403 g/mol.